The van der Waals surface area contributed by atoms with Crippen LogP contribution in [-0.2, 0) is 16.0 Å². The number of hydrogen-bond acceptors (Lipinski definition) is 4. The van der Waals surface area contributed by atoms with E-state index in [0.29, 0.717) is 29.4 Å². The average Bonchev–Trinajstić information content (AvgIpc) is 3.53. The van der Waals surface area contributed by atoms with Gasteiger partial charge in [0.15, 0.2) is 0 Å². The van der Waals surface area contributed by atoms with Crippen molar-refractivity contribution < 1.29 is 22.7 Å². The van der Waals surface area contributed by atoms with Crippen LogP contribution < -0.4 is 4.72 Å². The fourth-order valence-corrected chi connectivity index (χ4v) is 5.54. The van der Waals surface area contributed by atoms with E-state index in [9.17, 15) is 9.18 Å². The Bertz CT molecular complexity index is 1040. The average molecular weight is 477 g/mol. The van der Waals surface area contributed by atoms with Crippen molar-refractivity contribution in [2.45, 2.75) is 62.2 Å². The van der Waals surface area contributed by atoms with Crippen molar-refractivity contribution in [3.05, 3.63) is 59.2 Å². The molecule has 1 amide bonds. The number of carbonyl (C=O) groups is 1. The van der Waals surface area contributed by atoms with Crippen molar-refractivity contribution in [2.75, 3.05) is 13.2 Å². The number of rotatable bonds is 7. The van der Waals surface area contributed by atoms with E-state index in [1.165, 1.54) is 16.8 Å². The minimum Gasteiger partial charge on any atom is -0.368 e. The first-order chi connectivity index (χ1) is 15.9. The van der Waals surface area contributed by atoms with Crippen molar-refractivity contribution in [1.29, 1.82) is 0 Å². The van der Waals surface area contributed by atoms with Crippen LogP contribution in [0.5, 0.6) is 0 Å². The first-order valence-corrected chi connectivity index (χ1v) is 12.3. The van der Waals surface area contributed by atoms with Gasteiger partial charge in [0.1, 0.15) is 23.9 Å². The van der Waals surface area contributed by atoms with Crippen LogP contribution in [0.3, 0.4) is 0 Å². The van der Waals surface area contributed by atoms with Crippen LogP contribution in [0.4, 0.5) is 13.2 Å². The molecular weight excluding hydrogens is 449 g/mol. The monoisotopic (exact) mass is 476 g/mol. The van der Waals surface area contributed by atoms with Gasteiger partial charge < -0.3 is 9.64 Å². The van der Waals surface area contributed by atoms with E-state index < -0.39 is 36.0 Å². The summed E-state index contributed by atoms with van der Waals surface area (Å²) in [6, 6.07) is 8.57. The van der Waals surface area contributed by atoms with Crippen LogP contribution in [0.1, 0.15) is 30.4 Å². The second-order valence-corrected chi connectivity index (χ2v) is 10.2. The summed E-state index contributed by atoms with van der Waals surface area (Å²) in [5.74, 6) is -1.24. The summed E-state index contributed by atoms with van der Waals surface area (Å²) in [7, 11) is 0. The van der Waals surface area contributed by atoms with Crippen LogP contribution >= 0.6 is 11.9 Å². The minimum absolute atomic E-state index is 0.0416. The van der Waals surface area contributed by atoms with Gasteiger partial charge in [-0.1, -0.05) is 48.3 Å². The van der Waals surface area contributed by atoms with Crippen molar-refractivity contribution in [3.63, 3.8) is 0 Å². The number of likely N-dealkylation sites (tertiary alicyclic amines) is 1. The van der Waals surface area contributed by atoms with Gasteiger partial charge in [0.25, 0.3) is 5.91 Å². The van der Waals surface area contributed by atoms with Crippen LogP contribution in [0.25, 0.3) is 11.1 Å². The highest BCUT2D eigenvalue weighted by molar-refractivity contribution is 7.98. The van der Waals surface area contributed by atoms with Gasteiger partial charge in [-0.2, -0.15) is 0 Å². The number of nitrogens with zero attached hydrogens (tertiary/aromatic N) is 1. The Morgan fingerprint density at radius 2 is 1.82 bits per heavy atom. The van der Waals surface area contributed by atoms with Crippen LogP contribution in [0.15, 0.2) is 36.4 Å². The lowest BCUT2D eigenvalue weighted by atomic mass is 9.94. The quantitative estimate of drug-likeness (QED) is 0.594. The number of carbonyl (C=O) groups excluding carboxylic acids is 1. The third-order valence-electron chi connectivity index (χ3n) is 6.72. The molecule has 1 aliphatic carbocycles. The first kappa shape index (κ1) is 22.7. The fourth-order valence-electron chi connectivity index (χ4n) is 4.52. The lowest BCUT2D eigenvalue weighted by Crippen LogP contribution is -2.51. The van der Waals surface area contributed by atoms with Crippen LogP contribution in [-0.4, -0.2) is 53.6 Å². The number of nitrogens with one attached hydrogen (secondary N) is 1. The summed E-state index contributed by atoms with van der Waals surface area (Å²) in [5, 5.41) is 0.460. The number of halogens is 3. The maximum absolute atomic E-state index is 15.6. The molecule has 5 rings (SSSR count). The summed E-state index contributed by atoms with van der Waals surface area (Å²) >= 11 is 1.50. The van der Waals surface area contributed by atoms with Gasteiger partial charge in [-0.25, -0.2) is 13.2 Å². The standard InChI is InChI=1S/C25H27F3N2O2S/c1-14-4-2-6-17(22(14)27)18-7-3-5-15(23(18)28)12-20-24(29-33-16-8-9-16)19(26)13-30(20)25(31)21-10-11-32-21/h2-7,16,19-21,24,29H,8-13H2,1H3/t19-,20-,21?,24-/m0/s1. The number of alkyl halides is 1. The molecule has 1 saturated carbocycles. The minimum atomic E-state index is -1.26. The zero-order valence-electron chi connectivity index (χ0n) is 18.4. The molecule has 0 aromatic heterocycles. The Labute approximate surface area is 196 Å². The van der Waals surface area contributed by atoms with Gasteiger partial charge in [0, 0.05) is 22.8 Å². The zero-order valence-corrected chi connectivity index (χ0v) is 19.2. The molecule has 33 heavy (non-hydrogen) atoms. The maximum Gasteiger partial charge on any atom is 0.252 e. The van der Waals surface area contributed by atoms with E-state index in [1.54, 1.807) is 43.3 Å². The molecule has 2 saturated heterocycles. The lowest BCUT2D eigenvalue weighted by Gasteiger charge is -2.34. The van der Waals surface area contributed by atoms with Gasteiger partial charge in [-0.3, -0.25) is 9.52 Å². The summed E-state index contributed by atoms with van der Waals surface area (Å²) in [4.78, 5) is 14.5. The molecule has 3 aliphatic rings. The van der Waals surface area contributed by atoms with E-state index in [4.69, 9.17) is 4.74 Å². The summed E-state index contributed by atoms with van der Waals surface area (Å²) < 4.78 is 54.0. The smallest absolute Gasteiger partial charge is 0.252 e. The van der Waals surface area contributed by atoms with Crippen LogP contribution in [0.2, 0.25) is 0 Å². The molecule has 176 valence electrons. The predicted molar refractivity (Wildman–Crippen MR) is 123 cm³/mol. The molecule has 0 radical (unpaired) electrons. The number of amides is 1. The predicted octanol–water partition coefficient (Wildman–Crippen LogP) is 4.59. The van der Waals surface area contributed by atoms with Gasteiger partial charge in [0.2, 0.25) is 0 Å². The molecule has 0 spiro atoms. The third-order valence-corrected chi connectivity index (χ3v) is 7.93. The molecule has 1 N–H and O–H groups in total. The SMILES string of the molecule is Cc1cccc(-c2cccc(C[C@H]3[C@@H](NSC4CC4)[C@@H](F)CN3C(=O)C3CCO3)c2F)c1F. The van der Waals surface area contributed by atoms with Gasteiger partial charge in [-0.15, -0.1) is 0 Å². The van der Waals surface area contributed by atoms with Crippen LogP contribution in [0, 0.1) is 18.6 Å². The molecule has 2 aromatic rings. The number of aryl methyl sites for hydroxylation is 1. The molecule has 2 heterocycles. The second-order valence-electron chi connectivity index (χ2n) is 9.10. The van der Waals surface area contributed by atoms with E-state index in [0.717, 1.165) is 12.8 Å². The van der Waals surface area contributed by atoms with E-state index in [2.05, 4.69) is 4.72 Å². The van der Waals surface area contributed by atoms with E-state index >= 15 is 8.78 Å². The summed E-state index contributed by atoms with van der Waals surface area (Å²) in [5.41, 5.74) is 1.13. The molecule has 8 heteroatoms. The van der Waals surface area contributed by atoms with Crippen molar-refractivity contribution in [1.82, 2.24) is 9.62 Å². The summed E-state index contributed by atoms with van der Waals surface area (Å²) in [6.45, 7) is 2.12. The Morgan fingerprint density at radius 3 is 2.48 bits per heavy atom. The van der Waals surface area contributed by atoms with E-state index in [-0.39, 0.29) is 30.0 Å². The molecule has 0 bridgehead atoms. The van der Waals surface area contributed by atoms with Crippen molar-refractivity contribution in [2.24, 2.45) is 0 Å². The molecule has 1 unspecified atom stereocenters. The zero-order chi connectivity index (χ0) is 23.1. The highest BCUT2D eigenvalue weighted by Gasteiger charge is 2.47. The van der Waals surface area contributed by atoms with Gasteiger partial charge >= 0.3 is 0 Å². The van der Waals surface area contributed by atoms with E-state index in [1.807, 2.05) is 0 Å². The Balaban J connectivity index is 1.45. The fraction of sp³-hybridized carbons (Fsp3) is 0.480. The molecule has 2 aromatic carbocycles. The molecular formula is C25H27F3N2O2S. The second kappa shape index (κ2) is 9.31. The number of benzene rings is 2. The Kier molecular flexibility index (Phi) is 6.42. The molecule has 2 aliphatic heterocycles. The molecule has 4 atom stereocenters. The third kappa shape index (κ3) is 4.53. The number of hydrogen-bond donors (Lipinski definition) is 1. The Hall–Kier alpha value is -2.03. The first-order valence-electron chi connectivity index (χ1n) is 11.4. The molecule has 3 fully saturated rings. The van der Waals surface area contributed by atoms with Gasteiger partial charge in [-0.05, 0) is 37.3 Å². The largest absolute Gasteiger partial charge is 0.368 e. The van der Waals surface area contributed by atoms with Crippen molar-refractivity contribution >= 4 is 17.9 Å². The maximum atomic E-state index is 15.6. The Morgan fingerprint density at radius 1 is 1.12 bits per heavy atom. The topological polar surface area (TPSA) is 41.6 Å². The summed E-state index contributed by atoms with van der Waals surface area (Å²) in [6.07, 6.45) is 1.11. The molecule has 4 nitrogen and oxygen atoms in total. The van der Waals surface area contributed by atoms with Crippen molar-refractivity contribution in [3.8, 4) is 11.1 Å². The van der Waals surface area contributed by atoms with Gasteiger partial charge in [0.05, 0.1) is 25.2 Å². The number of ether oxygens (including phenoxy) is 1. The highest BCUT2D eigenvalue weighted by atomic mass is 32.2. The lowest BCUT2D eigenvalue weighted by molar-refractivity contribution is -0.157. The normalized spacial score (nSPS) is 27.0. The highest BCUT2D eigenvalue weighted by Crippen LogP contribution is 2.36.